The molecule has 0 unspecified atom stereocenters. The van der Waals surface area contributed by atoms with Gasteiger partial charge in [0.05, 0.1) is 17.6 Å². The lowest BCUT2D eigenvalue weighted by Crippen LogP contribution is -2.44. The average Bonchev–Trinajstić information content (AvgIpc) is 3.71. The second kappa shape index (κ2) is 9.27. The third-order valence-corrected chi connectivity index (χ3v) is 7.78. The highest BCUT2D eigenvalue weighted by Crippen LogP contribution is 2.41. The molecule has 0 bridgehead atoms. The van der Waals surface area contributed by atoms with Crippen LogP contribution >= 0.6 is 0 Å². The summed E-state index contributed by atoms with van der Waals surface area (Å²) in [6.45, 7) is 4.27. The topological polar surface area (TPSA) is 74.5 Å². The van der Waals surface area contributed by atoms with Gasteiger partial charge in [0.15, 0.2) is 5.65 Å². The number of rotatable bonds is 5. The van der Waals surface area contributed by atoms with E-state index in [1.165, 1.54) is 24.1 Å². The lowest BCUT2D eigenvalue weighted by atomic mass is 10.0. The van der Waals surface area contributed by atoms with Crippen molar-refractivity contribution in [1.82, 2.24) is 29.5 Å². The van der Waals surface area contributed by atoms with E-state index in [2.05, 4.69) is 63.7 Å². The molecule has 3 aliphatic rings. The molecule has 7 rings (SSSR count). The number of piperazine rings is 1. The van der Waals surface area contributed by atoms with E-state index in [1.807, 2.05) is 23.1 Å². The molecule has 1 saturated heterocycles. The van der Waals surface area contributed by atoms with E-state index in [1.54, 1.807) is 0 Å². The fourth-order valence-corrected chi connectivity index (χ4v) is 5.45. The average molecular weight is 493 g/mol. The predicted octanol–water partition coefficient (Wildman–Crippen LogP) is 4.66. The summed E-state index contributed by atoms with van der Waals surface area (Å²) in [5, 5.41) is 7.98. The Morgan fingerprint density at radius 3 is 2.76 bits per heavy atom. The summed E-state index contributed by atoms with van der Waals surface area (Å²) < 4.78 is 1.90. The normalized spacial score (nSPS) is 18.4. The van der Waals surface area contributed by atoms with Crippen molar-refractivity contribution in [2.24, 2.45) is 0 Å². The van der Waals surface area contributed by atoms with E-state index < -0.39 is 0 Å². The molecule has 8 nitrogen and oxygen atoms in total. The molecule has 0 radical (unpaired) electrons. The number of likely N-dealkylation sites (N-methyl/N-ethyl adjacent to an activating group) is 1. The summed E-state index contributed by atoms with van der Waals surface area (Å²) in [5.41, 5.74) is 8.76. The zero-order valence-corrected chi connectivity index (χ0v) is 21.3. The number of nitrogens with zero attached hydrogens (tertiary/aromatic N) is 7. The van der Waals surface area contributed by atoms with Gasteiger partial charge in [-0.15, -0.1) is 0 Å². The number of hydrogen-bond donors (Lipinski definition) is 1. The number of allylic oxidation sites excluding steroid dienone is 1. The van der Waals surface area contributed by atoms with Gasteiger partial charge in [0, 0.05) is 66.6 Å². The number of aryl methyl sites for hydroxylation is 1. The van der Waals surface area contributed by atoms with Gasteiger partial charge in [0.25, 0.3) is 0 Å². The highest BCUT2D eigenvalue weighted by molar-refractivity contribution is 5.80. The quantitative estimate of drug-likeness (QED) is 0.434. The molecule has 188 valence electrons. The first-order valence-electron chi connectivity index (χ1n) is 13.4. The zero-order chi connectivity index (χ0) is 24.8. The molecular formula is C29H32N8. The Bertz CT molecular complexity index is 1480. The van der Waals surface area contributed by atoms with Gasteiger partial charge in [-0.1, -0.05) is 12.1 Å². The molecule has 1 aliphatic heterocycles. The van der Waals surface area contributed by atoms with Crippen molar-refractivity contribution >= 4 is 28.5 Å². The van der Waals surface area contributed by atoms with Crippen LogP contribution in [0.25, 0.3) is 11.2 Å². The fourth-order valence-electron chi connectivity index (χ4n) is 5.45. The summed E-state index contributed by atoms with van der Waals surface area (Å²) in [6.07, 6.45) is 13.7. The standard InChI is InChI=1S/C29H32N8/c1-35-13-15-36(16-14-35)22-6-4-5-21(17-22)32-29-30-18-25-23(7-2-3-8-26(25)34-29)27-11-12-37-28(33-27)24(19-31-37)20-9-10-20/h4-7,11-12,17-20H,2-3,8-10,13-16H2,1H3,(H,30,32,34). The molecule has 1 saturated carbocycles. The van der Waals surface area contributed by atoms with Crippen LogP contribution in [0.5, 0.6) is 0 Å². The van der Waals surface area contributed by atoms with Crippen molar-refractivity contribution < 1.29 is 0 Å². The molecule has 0 amide bonds. The Morgan fingerprint density at radius 1 is 1.00 bits per heavy atom. The number of aromatic nitrogens is 5. The number of hydrogen-bond acceptors (Lipinski definition) is 7. The van der Waals surface area contributed by atoms with Crippen molar-refractivity contribution in [3.63, 3.8) is 0 Å². The van der Waals surface area contributed by atoms with E-state index in [0.29, 0.717) is 11.9 Å². The first-order valence-corrected chi connectivity index (χ1v) is 13.4. The molecule has 0 spiro atoms. The maximum absolute atomic E-state index is 5.06. The second-order valence-electron chi connectivity index (χ2n) is 10.5. The van der Waals surface area contributed by atoms with Gasteiger partial charge in [-0.25, -0.2) is 19.5 Å². The number of fused-ring (bicyclic) bond motifs is 2. The van der Waals surface area contributed by atoms with Gasteiger partial charge in [-0.3, -0.25) is 0 Å². The summed E-state index contributed by atoms with van der Waals surface area (Å²) in [6, 6.07) is 10.6. The van der Waals surface area contributed by atoms with E-state index >= 15 is 0 Å². The Hall–Kier alpha value is -3.78. The fraction of sp³-hybridized carbons (Fsp3) is 0.379. The van der Waals surface area contributed by atoms with Crippen LogP contribution in [-0.4, -0.2) is 62.7 Å². The van der Waals surface area contributed by atoms with Gasteiger partial charge in [0.2, 0.25) is 5.95 Å². The third-order valence-electron chi connectivity index (χ3n) is 7.78. The highest BCUT2D eigenvalue weighted by Gasteiger charge is 2.28. The van der Waals surface area contributed by atoms with E-state index in [9.17, 15) is 0 Å². The number of nitrogens with one attached hydrogen (secondary N) is 1. The molecule has 0 atom stereocenters. The Morgan fingerprint density at radius 2 is 1.89 bits per heavy atom. The molecule has 2 aliphatic carbocycles. The minimum absolute atomic E-state index is 0.613. The monoisotopic (exact) mass is 492 g/mol. The SMILES string of the molecule is CN1CCN(c2cccc(Nc3ncc4c(n3)CCCC=C4c3ccn4ncc(C5CC5)c4n3)c2)CC1. The Balaban J connectivity index is 1.16. The number of anilines is 3. The van der Waals surface area contributed by atoms with E-state index in [-0.39, 0.29) is 0 Å². The summed E-state index contributed by atoms with van der Waals surface area (Å²) in [7, 11) is 2.18. The molecule has 8 heteroatoms. The largest absolute Gasteiger partial charge is 0.369 e. The Kier molecular flexibility index (Phi) is 5.61. The minimum Gasteiger partial charge on any atom is -0.369 e. The summed E-state index contributed by atoms with van der Waals surface area (Å²) >= 11 is 0. The molecule has 1 aromatic carbocycles. The zero-order valence-electron chi connectivity index (χ0n) is 21.3. The smallest absolute Gasteiger partial charge is 0.227 e. The predicted molar refractivity (Wildman–Crippen MR) is 146 cm³/mol. The molecule has 2 fully saturated rings. The van der Waals surface area contributed by atoms with Crippen LogP contribution in [0, 0.1) is 0 Å². The van der Waals surface area contributed by atoms with Crippen molar-refractivity contribution in [2.75, 3.05) is 43.4 Å². The lowest BCUT2D eigenvalue weighted by Gasteiger charge is -2.34. The lowest BCUT2D eigenvalue weighted by molar-refractivity contribution is 0.313. The molecule has 1 N–H and O–H groups in total. The van der Waals surface area contributed by atoms with Gasteiger partial charge < -0.3 is 15.1 Å². The van der Waals surface area contributed by atoms with Crippen LogP contribution in [-0.2, 0) is 6.42 Å². The number of benzene rings is 1. The van der Waals surface area contributed by atoms with Crippen LogP contribution in [0.1, 0.15) is 54.1 Å². The van der Waals surface area contributed by atoms with Gasteiger partial charge in [0.1, 0.15) is 0 Å². The van der Waals surface area contributed by atoms with Crippen LogP contribution in [0.15, 0.2) is 55.0 Å². The molecule has 3 aromatic heterocycles. The van der Waals surface area contributed by atoms with Gasteiger partial charge in [-0.2, -0.15) is 5.10 Å². The van der Waals surface area contributed by atoms with Crippen molar-refractivity contribution in [1.29, 1.82) is 0 Å². The highest BCUT2D eigenvalue weighted by atomic mass is 15.3. The van der Waals surface area contributed by atoms with Crippen molar-refractivity contribution in [3.8, 4) is 0 Å². The van der Waals surface area contributed by atoms with Crippen molar-refractivity contribution in [3.05, 3.63) is 77.5 Å². The van der Waals surface area contributed by atoms with Crippen LogP contribution in [0.2, 0.25) is 0 Å². The maximum atomic E-state index is 5.06. The van der Waals surface area contributed by atoms with Crippen LogP contribution in [0.3, 0.4) is 0 Å². The van der Waals surface area contributed by atoms with Crippen LogP contribution in [0.4, 0.5) is 17.3 Å². The van der Waals surface area contributed by atoms with E-state index in [0.717, 1.165) is 79.3 Å². The van der Waals surface area contributed by atoms with E-state index in [4.69, 9.17) is 15.0 Å². The molecular weight excluding hydrogens is 460 g/mol. The maximum Gasteiger partial charge on any atom is 0.227 e. The van der Waals surface area contributed by atoms with Crippen molar-refractivity contribution in [2.45, 2.75) is 38.0 Å². The second-order valence-corrected chi connectivity index (χ2v) is 10.5. The third kappa shape index (κ3) is 4.46. The van der Waals surface area contributed by atoms with Crippen LogP contribution < -0.4 is 10.2 Å². The first-order chi connectivity index (χ1) is 18.2. The Labute approximate surface area is 217 Å². The molecule has 4 aromatic rings. The molecule has 4 heterocycles. The minimum atomic E-state index is 0.613. The first kappa shape index (κ1) is 22.4. The molecule has 37 heavy (non-hydrogen) atoms. The van der Waals surface area contributed by atoms with Gasteiger partial charge >= 0.3 is 0 Å². The summed E-state index contributed by atoms with van der Waals surface area (Å²) in [5.74, 6) is 1.26. The summed E-state index contributed by atoms with van der Waals surface area (Å²) in [4.78, 5) is 19.6. The van der Waals surface area contributed by atoms with Gasteiger partial charge in [-0.05, 0) is 69.3 Å².